The summed E-state index contributed by atoms with van der Waals surface area (Å²) < 4.78 is 11.1. The average molecular weight is 378 g/mol. The summed E-state index contributed by atoms with van der Waals surface area (Å²) in [6, 6.07) is 13.8. The summed E-state index contributed by atoms with van der Waals surface area (Å²) in [6.07, 6.45) is 0. The van der Waals surface area contributed by atoms with Crippen LogP contribution in [0, 0.1) is 27.7 Å². The van der Waals surface area contributed by atoms with Gasteiger partial charge in [-0.3, -0.25) is 4.79 Å². The molecule has 3 aromatic rings. The van der Waals surface area contributed by atoms with Crippen LogP contribution in [0.4, 0.5) is 0 Å². The number of aryl methyl sites for hydroxylation is 4. The predicted molar refractivity (Wildman–Crippen MR) is 109 cm³/mol. The Morgan fingerprint density at radius 1 is 1.11 bits per heavy atom. The molecule has 0 bridgehead atoms. The normalized spacial score (nSPS) is 11.9. The summed E-state index contributed by atoms with van der Waals surface area (Å²) in [5.41, 5.74) is 5.46. The average Bonchev–Trinajstić information content (AvgIpc) is 3.00. The van der Waals surface area contributed by atoms with E-state index in [0.717, 1.165) is 22.4 Å². The number of nitrogens with zero attached hydrogens (tertiary/aromatic N) is 1. The summed E-state index contributed by atoms with van der Waals surface area (Å²) in [5.74, 6) is 1.06. The summed E-state index contributed by atoms with van der Waals surface area (Å²) in [6.45, 7) is 10.1. The van der Waals surface area contributed by atoms with Crippen molar-refractivity contribution < 1.29 is 14.1 Å². The third kappa shape index (κ3) is 4.42. The van der Waals surface area contributed by atoms with Crippen LogP contribution in [0.3, 0.4) is 0 Å². The van der Waals surface area contributed by atoms with Gasteiger partial charge in [0.05, 0.1) is 11.6 Å². The first-order chi connectivity index (χ1) is 13.3. The fraction of sp³-hybridized carbons (Fsp3) is 0.304. The molecule has 1 aromatic heterocycles. The number of hydrogen-bond donors (Lipinski definition) is 1. The number of rotatable bonds is 6. The molecule has 1 N–H and O–H groups in total. The second kappa shape index (κ2) is 8.30. The minimum Gasteiger partial charge on any atom is -0.489 e. The quantitative estimate of drug-likeness (QED) is 0.657. The molecule has 0 saturated carbocycles. The van der Waals surface area contributed by atoms with Gasteiger partial charge >= 0.3 is 0 Å². The molecule has 28 heavy (non-hydrogen) atoms. The van der Waals surface area contributed by atoms with Crippen molar-refractivity contribution in [3.8, 4) is 5.75 Å². The van der Waals surface area contributed by atoms with Crippen LogP contribution < -0.4 is 10.1 Å². The van der Waals surface area contributed by atoms with E-state index in [1.165, 1.54) is 5.56 Å². The van der Waals surface area contributed by atoms with Crippen LogP contribution in [0.15, 0.2) is 47.0 Å². The zero-order valence-electron chi connectivity index (χ0n) is 17.0. The fourth-order valence-corrected chi connectivity index (χ4v) is 3.25. The number of ether oxygens (including phenoxy) is 1. The van der Waals surface area contributed by atoms with E-state index in [-0.39, 0.29) is 24.2 Å². The van der Waals surface area contributed by atoms with Crippen molar-refractivity contribution in [3.05, 3.63) is 81.7 Å². The predicted octanol–water partition coefficient (Wildman–Crippen LogP) is 4.98. The zero-order valence-corrected chi connectivity index (χ0v) is 17.0. The lowest BCUT2D eigenvalue weighted by molar-refractivity contribution is 0.0928. The van der Waals surface area contributed by atoms with Gasteiger partial charge in [0.2, 0.25) is 0 Å². The minimum atomic E-state index is -0.271. The Morgan fingerprint density at radius 2 is 1.86 bits per heavy atom. The summed E-state index contributed by atoms with van der Waals surface area (Å²) >= 11 is 0. The molecule has 0 radical (unpaired) electrons. The highest BCUT2D eigenvalue weighted by Crippen LogP contribution is 2.22. The summed E-state index contributed by atoms with van der Waals surface area (Å²) in [7, 11) is 0. The fourth-order valence-electron chi connectivity index (χ4n) is 3.25. The molecule has 1 amide bonds. The van der Waals surface area contributed by atoms with Crippen molar-refractivity contribution in [1.29, 1.82) is 0 Å². The van der Waals surface area contributed by atoms with Gasteiger partial charge in [0.25, 0.3) is 5.91 Å². The Morgan fingerprint density at radius 3 is 2.57 bits per heavy atom. The molecule has 0 aliphatic rings. The van der Waals surface area contributed by atoms with E-state index in [2.05, 4.69) is 23.5 Å². The first-order valence-electron chi connectivity index (χ1n) is 9.37. The van der Waals surface area contributed by atoms with Crippen molar-refractivity contribution in [1.82, 2.24) is 10.5 Å². The zero-order chi connectivity index (χ0) is 20.3. The van der Waals surface area contributed by atoms with Gasteiger partial charge in [-0.25, -0.2) is 0 Å². The molecule has 3 rings (SSSR count). The number of carbonyl (C=O) groups excluding carboxylic acids is 1. The second-order valence-corrected chi connectivity index (χ2v) is 7.23. The smallest absolute Gasteiger partial charge is 0.274 e. The molecule has 2 aromatic carbocycles. The van der Waals surface area contributed by atoms with Crippen LogP contribution in [0.25, 0.3) is 0 Å². The maximum atomic E-state index is 12.8. The van der Waals surface area contributed by atoms with E-state index >= 15 is 0 Å². The lowest BCUT2D eigenvalue weighted by Crippen LogP contribution is -2.28. The summed E-state index contributed by atoms with van der Waals surface area (Å²) in [5, 5.41) is 6.98. The number of benzene rings is 2. The van der Waals surface area contributed by atoms with Crippen LogP contribution in [0.2, 0.25) is 0 Å². The molecule has 1 atom stereocenters. The first-order valence-corrected chi connectivity index (χ1v) is 9.37. The van der Waals surface area contributed by atoms with Crippen LogP contribution in [0.1, 0.15) is 57.0 Å². The maximum absolute atomic E-state index is 12.8. The third-order valence-electron chi connectivity index (χ3n) is 4.81. The highest BCUT2D eigenvalue weighted by atomic mass is 16.5. The van der Waals surface area contributed by atoms with Crippen LogP contribution in [-0.4, -0.2) is 11.1 Å². The number of nitrogens with one attached hydrogen (secondary N) is 1. The molecule has 1 unspecified atom stereocenters. The highest BCUT2D eigenvalue weighted by Gasteiger charge is 2.22. The van der Waals surface area contributed by atoms with Gasteiger partial charge in [-0.05, 0) is 63.4 Å². The van der Waals surface area contributed by atoms with Gasteiger partial charge in [-0.15, -0.1) is 0 Å². The van der Waals surface area contributed by atoms with Gasteiger partial charge < -0.3 is 14.6 Å². The molecule has 0 saturated heterocycles. The van der Waals surface area contributed by atoms with Crippen molar-refractivity contribution in [2.45, 2.75) is 47.3 Å². The SMILES string of the molecule is Cc1cccc(OCc2c(C(=O)NC(C)c3ccc(C)cc3C)noc2C)c1. The molecule has 0 aliphatic carbocycles. The van der Waals surface area contributed by atoms with Gasteiger partial charge in [-0.2, -0.15) is 0 Å². The molecule has 146 valence electrons. The standard InChI is InChI=1S/C23H26N2O3/c1-14-7-6-8-19(12-14)27-13-21-18(5)28-25-22(21)23(26)24-17(4)20-10-9-15(2)11-16(20)3/h6-12,17H,13H2,1-5H3,(H,24,26). The van der Waals surface area contributed by atoms with Crippen molar-refractivity contribution in [2.75, 3.05) is 0 Å². The van der Waals surface area contributed by atoms with E-state index in [9.17, 15) is 4.79 Å². The Kier molecular flexibility index (Phi) is 5.83. The van der Waals surface area contributed by atoms with E-state index in [1.54, 1.807) is 6.92 Å². The Hall–Kier alpha value is -3.08. The maximum Gasteiger partial charge on any atom is 0.274 e. The first kappa shape index (κ1) is 19.7. The molecule has 1 heterocycles. The van der Waals surface area contributed by atoms with Gasteiger partial charge in [0.15, 0.2) is 5.69 Å². The number of hydrogen-bond acceptors (Lipinski definition) is 4. The monoisotopic (exact) mass is 378 g/mol. The Labute approximate surface area is 165 Å². The molecule has 0 fully saturated rings. The third-order valence-corrected chi connectivity index (χ3v) is 4.81. The minimum absolute atomic E-state index is 0.143. The van der Waals surface area contributed by atoms with Crippen LogP contribution >= 0.6 is 0 Å². The lowest BCUT2D eigenvalue weighted by atomic mass is 10.00. The lowest BCUT2D eigenvalue weighted by Gasteiger charge is -2.17. The van der Waals surface area contributed by atoms with Gasteiger partial charge in [0.1, 0.15) is 18.1 Å². The molecule has 0 spiro atoms. The second-order valence-electron chi connectivity index (χ2n) is 7.23. The van der Waals surface area contributed by atoms with Crippen molar-refractivity contribution in [2.24, 2.45) is 0 Å². The van der Waals surface area contributed by atoms with Gasteiger partial charge in [0, 0.05) is 0 Å². The topological polar surface area (TPSA) is 64.4 Å². The Balaban J connectivity index is 1.73. The van der Waals surface area contributed by atoms with Crippen LogP contribution in [0.5, 0.6) is 5.75 Å². The largest absolute Gasteiger partial charge is 0.489 e. The molecule has 5 heteroatoms. The molecule has 0 aliphatic heterocycles. The number of aromatic nitrogens is 1. The molecular formula is C23H26N2O3. The van der Waals surface area contributed by atoms with E-state index in [4.69, 9.17) is 9.26 Å². The highest BCUT2D eigenvalue weighted by molar-refractivity contribution is 5.94. The van der Waals surface area contributed by atoms with Gasteiger partial charge in [-0.1, -0.05) is 41.1 Å². The number of amides is 1. The summed E-state index contributed by atoms with van der Waals surface area (Å²) in [4.78, 5) is 12.8. The molecular weight excluding hydrogens is 352 g/mol. The van der Waals surface area contributed by atoms with E-state index < -0.39 is 0 Å². The van der Waals surface area contributed by atoms with Crippen molar-refractivity contribution in [3.63, 3.8) is 0 Å². The Bertz CT molecular complexity index is 991. The van der Waals surface area contributed by atoms with Crippen molar-refractivity contribution >= 4 is 5.91 Å². The molecule has 5 nitrogen and oxygen atoms in total. The van der Waals surface area contributed by atoms with Crippen LogP contribution in [-0.2, 0) is 6.61 Å². The van der Waals surface area contributed by atoms with E-state index in [1.807, 2.05) is 57.2 Å². The number of carbonyl (C=O) groups is 1. The van der Waals surface area contributed by atoms with E-state index in [0.29, 0.717) is 11.3 Å².